The highest BCUT2D eigenvalue weighted by Crippen LogP contribution is 2.35. The van der Waals surface area contributed by atoms with Crippen molar-refractivity contribution in [3.8, 4) is 16.9 Å². The maximum atomic E-state index is 10.5. The van der Waals surface area contributed by atoms with Crippen LogP contribution < -0.4 is 0 Å². The molecule has 0 spiro atoms. The Kier molecular flexibility index (Phi) is 2.98. The van der Waals surface area contributed by atoms with Crippen molar-refractivity contribution in [1.82, 2.24) is 4.98 Å². The van der Waals surface area contributed by atoms with Gasteiger partial charge in [-0.25, -0.2) is 0 Å². The van der Waals surface area contributed by atoms with Crippen LogP contribution in [0.15, 0.2) is 85.1 Å². The SMILES string of the molecule is Oc1cc(-c2ccc3ccccc3c2)cc2c1cnc1ccccc12. The van der Waals surface area contributed by atoms with Gasteiger partial charge in [0, 0.05) is 17.0 Å². The van der Waals surface area contributed by atoms with E-state index in [1.54, 1.807) is 6.20 Å². The topological polar surface area (TPSA) is 33.1 Å². The van der Waals surface area contributed by atoms with Crippen LogP contribution in [0.2, 0.25) is 0 Å². The fraction of sp³-hybridized carbons (Fsp3) is 0. The van der Waals surface area contributed by atoms with Crippen LogP contribution in [0.25, 0.3) is 43.6 Å². The number of hydrogen-bond acceptors (Lipinski definition) is 2. The van der Waals surface area contributed by atoms with Crippen LogP contribution in [0.3, 0.4) is 0 Å². The summed E-state index contributed by atoms with van der Waals surface area (Å²) in [6, 6.07) is 26.7. The van der Waals surface area contributed by atoms with Crippen LogP contribution in [-0.4, -0.2) is 10.1 Å². The summed E-state index contributed by atoms with van der Waals surface area (Å²) in [5, 5.41) is 15.8. The maximum absolute atomic E-state index is 10.5. The van der Waals surface area contributed by atoms with Crippen LogP contribution in [0.1, 0.15) is 0 Å². The summed E-state index contributed by atoms with van der Waals surface area (Å²) in [5.41, 5.74) is 3.04. The summed E-state index contributed by atoms with van der Waals surface area (Å²) in [6.07, 6.45) is 1.75. The zero-order valence-electron chi connectivity index (χ0n) is 13.5. The van der Waals surface area contributed by atoms with Crippen LogP contribution in [0.5, 0.6) is 5.75 Å². The van der Waals surface area contributed by atoms with Crippen molar-refractivity contribution in [2.45, 2.75) is 0 Å². The third-order valence-electron chi connectivity index (χ3n) is 4.77. The molecule has 2 nitrogen and oxygen atoms in total. The third-order valence-corrected chi connectivity index (χ3v) is 4.77. The molecule has 0 radical (unpaired) electrons. The number of benzene rings is 4. The first-order chi connectivity index (χ1) is 12.3. The van der Waals surface area contributed by atoms with Crippen molar-refractivity contribution in [2.24, 2.45) is 0 Å². The number of para-hydroxylation sites is 1. The molecule has 118 valence electrons. The van der Waals surface area contributed by atoms with Gasteiger partial charge in [-0.15, -0.1) is 0 Å². The van der Waals surface area contributed by atoms with E-state index in [4.69, 9.17) is 0 Å². The molecule has 25 heavy (non-hydrogen) atoms. The molecular formula is C23H15NO. The van der Waals surface area contributed by atoms with Crippen LogP contribution in [-0.2, 0) is 0 Å². The quantitative estimate of drug-likeness (QED) is 0.389. The van der Waals surface area contributed by atoms with E-state index in [1.807, 2.05) is 42.5 Å². The van der Waals surface area contributed by atoms with Gasteiger partial charge in [-0.3, -0.25) is 4.98 Å². The summed E-state index contributed by atoms with van der Waals surface area (Å²) in [5.74, 6) is 0.263. The van der Waals surface area contributed by atoms with Crippen molar-refractivity contribution in [3.63, 3.8) is 0 Å². The van der Waals surface area contributed by atoms with Gasteiger partial charge in [0.1, 0.15) is 5.75 Å². The average Bonchev–Trinajstić information content (AvgIpc) is 2.67. The minimum absolute atomic E-state index is 0.263. The lowest BCUT2D eigenvalue weighted by Crippen LogP contribution is -1.85. The number of rotatable bonds is 1. The maximum Gasteiger partial charge on any atom is 0.125 e. The van der Waals surface area contributed by atoms with E-state index in [2.05, 4.69) is 41.4 Å². The van der Waals surface area contributed by atoms with Crippen molar-refractivity contribution in [1.29, 1.82) is 0 Å². The van der Waals surface area contributed by atoms with E-state index in [9.17, 15) is 5.11 Å². The van der Waals surface area contributed by atoms with E-state index >= 15 is 0 Å². The second kappa shape index (κ2) is 5.32. The molecule has 5 aromatic rings. The molecule has 0 bridgehead atoms. The van der Waals surface area contributed by atoms with E-state index in [1.165, 1.54) is 10.8 Å². The molecule has 5 rings (SSSR count). The number of phenols is 1. The molecular weight excluding hydrogens is 306 g/mol. The molecule has 0 unspecified atom stereocenters. The molecule has 0 atom stereocenters. The van der Waals surface area contributed by atoms with Gasteiger partial charge < -0.3 is 5.11 Å². The van der Waals surface area contributed by atoms with Crippen LogP contribution >= 0.6 is 0 Å². The number of nitrogens with zero attached hydrogens (tertiary/aromatic N) is 1. The number of fused-ring (bicyclic) bond motifs is 4. The summed E-state index contributed by atoms with van der Waals surface area (Å²) < 4.78 is 0. The normalized spacial score (nSPS) is 11.4. The lowest BCUT2D eigenvalue weighted by molar-refractivity contribution is 0.482. The Morgan fingerprint density at radius 3 is 2.32 bits per heavy atom. The molecule has 2 heteroatoms. The lowest BCUT2D eigenvalue weighted by Gasteiger charge is -2.10. The highest BCUT2D eigenvalue weighted by atomic mass is 16.3. The zero-order chi connectivity index (χ0) is 16.8. The smallest absolute Gasteiger partial charge is 0.125 e. The van der Waals surface area contributed by atoms with E-state index in [0.29, 0.717) is 0 Å². The molecule has 0 aliphatic carbocycles. The van der Waals surface area contributed by atoms with E-state index in [-0.39, 0.29) is 5.75 Å². The number of aromatic hydroxyl groups is 1. The highest BCUT2D eigenvalue weighted by molar-refractivity contribution is 6.09. The Labute approximate surface area is 145 Å². The van der Waals surface area contributed by atoms with Crippen LogP contribution in [0, 0.1) is 0 Å². The number of pyridine rings is 1. The molecule has 0 saturated heterocycles. The number of aromatic nitrogens is 1. The van der Waals surface area contributed by atoms with Gasteiger partial charge >= 0.3 is 0 Å². The fourth-order valence-electron chi connectivity index (χ4n) is 3.48. The fourth-order valence-corrected chi connectivity index (χ4v) is 3.48. The molecule has 4 aromatic carbocycles. The number of hydrogen-bond donors (Lipinski definition) is 1. The number of phenolic OH excluding ortho intramolecular Hbond substituents is 1. The van der Waals surface area contributed by atoms with Gasteiger partial charge in [0.25, 0.3) is 0 Å². The first-order valence-electron chi connectivity index (χ1n) is 8.29. The van der Waals surface area contributed by atoms with Crippen molar-refractivity contribution >= 4 is 32.4 Å². The predicted octanol–water partition coefficient (Wildman–Crippen LogP) is 5.91. The minimum Gasteiger partial charge on any atom is -0.507 e. The van der Waals surface area contributed by atoms with Crippen molar-refractivity contribution in [3.05, 3.63) is 85.1 Å². The summed E-state index contributed by atoms with van der Waals surface area (Å²) in [6.45, 7) is 0. The first-order valence-corrected chi connectivity index (χ1v) is 8.29. The minimum atomic E-state index is 0.263. The monoisotopic (exact) mass is 321 g/mol. The second-order valence-corrected chi connectivity index (χ2v) is 6.29. The Hall–Kier alpha value is -3.39. The zero-order valence-corrected chi connectivity index (χ0v) is 13.5. The molecule has 0 fully saturated rings. The van der Waals surface area contributed by atoms with Gasteiger partial charge in [0.2, 0.25) is 0 Å². The Morgan fingerprint density at radius 1 is 0.600 bits per heavy atom. The third kappa shape index (κ3) is 2.23. The molecule has 0 saturated carbocycles. The summed E-state index contributed by atoms with van der Waals surface area (Å²) in [4.78, 5) is 4.45. The van der Waals surface area contributed by atoms with Gasteiger partial charge in [-0.2, -0.15) is 0 Å². The van der Waals surface area contributed by atoms with Crippen molar-refractivity contribution in [2.75, 3.05) is 0 Å². The molecule has 1 heterocycles. The van der Waals surface area contributed by atoms with E-state index in [0.717, 1.165) is 32.8 Å². The lowest BCUT2D eigenvalue weighted by atomic mass is 9.97. The second-order valence-electron chi connectivity index (χ2n) is 6.29. The standard InChI is InChI=1S/C23H15NO/c25-23-13-18(17-10-9-15-5-1-2-6-16(15)11-17)12-20-19-7-3-4-8-22(19)24-14-21(20)23/h1-14,25H. The molecule has 0 amide bonds. The van der Waals surface area contributed by atoms with Gasteiger partial charge in [-0.05, 0) is 51.6 Å². The molecule has 1 N–H and O–H groups in total. The van der Waals surface area contributed by atoms with Gasteiger partial charge in [0.15, 0.2) is 0 Å². The van der Waals surface area contributed by atoms with Gasteiger partial charge in [0.05, 0.1) is 5.52 Å². The highest BCUT2D eigenvalue weighted by Gasteiger charge is 2.09. The summed E-state index contributed by atoms with van der Waals surface area (Å²) in [7, 11) is 0. The van der Waals surface area contributed by atoms with Gasteiger partial charge in [-0.1, -0.05) is 54.6 Å². The average molecular weight is 321 g/mol. The Bertz CT molecular complexity index is 1260. The Morgan fingerprint density at radius 2 is 1.40 bits per heavy atom. The largest absolute Gasteiger partial charge is 0.507 e. The van der Waals surface area contributed by atoms with E-state index < -0.39 is 0 Å². The summed E-state index contributed by atoms with van der Waals surface area (Å²) >= 11 is 0. The molecule has 0 aliphatic heterocycles. The molecule has 1 aromatic heterocycles. The predicted molar refractivity (Wildman–Crippen MR) is 104 cm³/mol. The van der Waals surface area contributed by atoms with Crippen LogP contribution in [0.4, 0.5) is 0 Å². The first kappa shape index (κ1) is 14.0. The molecule has 0 aliphatic rings. The Balaban J connectivity index is 1.81. The van der Waals surface area contributed by atoms with Crippen molar-refractivity contribution < 1.29 is 5.11 Å².